The maximum Gasteiger partial charge on any atom is 0.170 e. The molecule has 1 aromatic carbocycles. The summed E-state index contributed by atoms with van der Waals surface area (Å²) in [6.07, 6.45) is 2.07. The number of aromatic nitrogens is 4. The highest BCUT2D eigenvalue weighted by Crippen LogP contribution is 2.19. The Morgan fingerprint density at radius 1 is 1.26 bits per heavy atom. The number of nitrogens with one attached hydrogen (secondary N) is 1. The fraction of sp³-hybridized carbons (Fsp3) is 0.500. The molecule has 2 rings (SSSR count). The maximum atomic E-state index is 4.15. The van der Waals surface area contributed by atoms with Crippen molar-refractivity contribution in [1.29, 1.82) is 0 Å². The van der Waals surface area contributed by atoms with Gasteiger partial charge in [0, 0.05) is 0 Å². The second kappa shape index (κ2) is 6.43. The minimum absolute atomic E-state index is 0.693. The molecule has 1 aromatic heterocycles. The van der Waals surface area contributed by atoms with E-state index in [4.69, 9.17) is 0 Å². The molecule has 1 heterocycles. The Morgan fingerprint density at radius 3 is 2.84 bits per heavy atom. The van der Waals surface area contributed by atoms with Gasteiger partial charge in [-0.15, -0.1) is 5.10 Å². The van der Waals surface area contributed by atoms with Crippen molar-refractivity contribution in [3.8, 4) is 5.69 Å². The van der Waals surface area contributed by atoms with E-state index >= 15 is 0 Å². The van der Waals surface area contributed by atoms with Gasteiger partial charge < -0.3 is 5.32 Å². The molecule has 0 amide bonds. The van der Waals surface area contributed by atoms with Crippen molar-refractivity contribution in [3.05, 3.63) is 35.2 Å². The Bertz CT molecular complexity index is 532. The molecule has 0 aliphatic carbocycles. The zero-order valence-corrected chi connectivity index (χ0v) is 11.8. The smallest absolute Gasteiger partial charge is 0.170 e. The van der Waals surface area contributed by atoms with Crippen LogP contribution in [0.25, 0.3) is 5.69 Å². The summed E-state index contributed by atoms with van der Waals surface area (Å²) in [6.45, 7) is 8.06. The van der Waals surface area contributed by atoms with Crippen LogP contribution in [0.4, 0.5) is 0 Å². The van der Waals surface area contributed by atoms with E-state index in [1.807, 2.05) is 4.68 Å². The van der Waals surface area contributed by atoms with E-state index in [1.54, 1.807) is 0 Å². The van der Waals surface area contributed by atoms with Crippen LogP contribution in [0.1, 0.15) is 37.2 Å². The Morgan fingerprint density at radius 2 is 2.11 bits per heavy atom. The third kappa shape index (κ3) is 2.98. The summed E-state index contributed by atoms with van der Waals surface area (Å²) < 4.78 is 1.86. The number of nitrogens with zero attached hydrogens (tertiary/aromatic N) is 4. The van der Waals surface area contributed by atoms with E-state index in [0.29, 0.717) is 6.54 Å². The average molecular weight is 259 g/mol. The first-order valence-corrected chi connectivity index (χ1v) is 6.84. The van der Waals surface area contributed by atoms with Gasteiger partial charge in [0.1, 0.15) is 0 Å². The van der Waals surface area contributed by atoms with E-state index in [2.05, 4.69) is 59.8 Å². The molecule has 102 valence electrons. The molecule has 0 bridgehead atoms. The molecular formula is C14H21N5. The van der Waals surface area contributed by atoms with Crippen molar-refractivity contribution < 1.29 is 0 Å². The lowest BCUT2D eigenvalue weighted by molar-refractivity contribution is 0.631. The Labute approximate surface area is 114 Å². The van der Waals surface area contributed by atoms with Crippen LogP contribution in [0, 0.1) is 6.92 Å². The number of tetrazole rings is 1. The van der Waals surface area contributed by atoms with Crippen LogP contribution in [0.15, 0.2) is 18.2 Å². The van der Waals surface area contributed by atoms with Crippen LogP contribution < -0.4 is 5.32 Å². The molecule has 0 aliphatic rings. The number of hydrogen-bond donors (Lipinski definition) is 1. The minimum atomic E-state index is 0.693. The Kier molecular flexibility index (Phi) is 4.63. The van der Waals surface area contributed by atoms with Gasteiger partial charge in [-0.25, -0.2) is 0 Å². The van der Waals surface area contributed by atoms with Crippen LogP contribution in [0.5, 0.6) is 0 Å². The molecule has 0 aliphatic heterocycles. The Hall–Kier alpha value is -1.75. The van der Waals surface area contributed by atoms with E-state index < -0.39 is 0 Å². The Balaban J connectivity index is 2.34. The predicted molar refractivity (Wildman–Crippen MR) is 75.3 cm³/mol. The molecule has 0 unspecified atom stereocenters. The molecule has 1 N–H and O–H groups in total. The second-order valence-corrected chi connectivity index (χ2v) is 4.62. The topological polar surface area (TPSA) is 55.6 Å². The fourth-order valence-corrected chi connectivity index (χ4v) is 2.17. The van der Waals surface area contributed by atoms with E-state index in [-0.39, 0.29) is 0 Å². The standard InChI is InChI=1S/C14H21N5/c1-4-9-15-10-13-16-17-18-19(13)14-11(3)7-6-8-12(14)5-2/h6-8,15H,4-5,9-10H2,1-3H3. The summed E-state index contributed by atoms with van der Waals surface area (Å²) in [5.74, 6) is 0.859. The van der Waals surface area contributed by atoms with E-state index in [1.165, 1.54) is 11.1 Å². The van der Waals surface area contributed by atoms with Crippen molar-refractivity contribution in [2.75, 3.05) is 6.54 Å². The molecule has 0 saturated carbocycles. The highest BCUT2D eigenvalue weighted by atomic mass is 15.5. The maximum absolute atomic E-state index is 4.15. The average Bonchev–Trinajstić information content (AvgIpc) is 2.87. The van der Waals surface area contributed by atoms with Crippen LogP contribution >= 0.6 is 0 Å². The highest BCUT2D eigenvalue weighted by Gasteiger charge is 2.13. The van der Waals surface area contributed by atoms with Gasteiger partial charge in [-0.1, -0.05) is 32.0 Å². The fourth-order valence-electron chi connectivity index (χ4n) is 2.17. The molecular weight excluding hydrogens is 238 g/mol. The quantitative estimate of drug-likeness (QED) is 0.807. The summed E-state index contributed by atoms with van der Waals surface area (Å²) in [4.78, 5) is 0. The van der Waals surface area contributed by atoms with Gasteiger partial charge in [0.15, 0.2) is 5.82 Å². The summed E-state index contributed by atoms with van der Waals surface area (Å²) in [7, 11) is 0. The van der Waals surface area contributed by atoms with Gasteiger partial charge in [-0.2, -0.15) is 4.68 Å². The molecule has 5 nitrogen and oxygen atoms in total. The zero-order valence-electron chi connectivity index (χ0n) is 11.8. The van der Waals surface area contributed by atoms with Gasteiger partial charge in [0.25, 0.3) is 0 Å². The lowest BCUT2D eigenvalue weighted by atomic mass is 10.1. The third-order valence-corrected chi connectivity index (χ3v) is 3.16. The first-order chi connectivity index (χ1) is 9.27. The molecule has 0 atom stereocenters. The number of hydrogen-bond acceptors (Lipinski definition) is 4. The lowest BCUT2D eigenvalue weighted by Crippen LogP contribution is -2.18. The number of aryl methyl sites for hydroxylation is 2. The predicted octanol–water partition coefficient (Wildman–Crippen LogP) is 2.03. The highest BCUT2D eigenvalue weighted by molar-refractivity contribution is 5.47. The van der Waals surface area contributed by atoms with E-state index in [9.17, 15) is 0 Å². The molecule has 0 spiro atoms. The molecule has 0 radical (unpaired) electrons. The van der Waals surface area contributed by atoms with Crippen LogP contribution in [0.3, 0.4) is 0 Å². The normalized spacial score (nSPS) is 10.9. The first kappa shape index (κ1) is 13.7. The minimum Gasteiger partial charge on any atom is -0.310 e. The third-order valence-electron chi connectivity index (χ3n) is 3.16. The molecule has 2 aromatic rings. The summed E-state index contributed by atoms with van der Waals surface area (Å²) >= 11 is 0. The van der Waals surface area contributed by atoms with Gasteiger partial charge in [0.2, 0.25) is 0 Å². The molecule has 0 fully saturated rings. The largest absolute Gasteiger partial charge is 0.310 e. The molecule has 0 saturated heterocycles. The zero-order chi connectivity index (χ0) is 13.7. The molecule has 19 heavy (non-hydrogen) atoms. The van der Waals surface area contributed by atoms with Crippen molar-refractivity contribution in [2.24, 2.45) is 0 Å². The number of para-hydroxylation sites is 1. The molecule has 5 heteroatoms. The van der Waals surface area contributed by atoms with Crippen molar-refractivity contribution >= 4 is 0 Å². The van der Waals surface area contributed by atoms with Crippen LogP contribution in [-0.2, 0) is 13.0 Å². The summed E-state index contributed by atoms with van der Waals surface area (Å²) in [5, 5.41) is 15.4. The van der Waals surface area contributed by atoms with Crippen LogP contribution in [-0.4, -0.2) is 26.8 Å². The van der Waals surface area contributed by atoms with Gasteiger partial charge in [-0.05, 0) is 47.9 Å². The first-order valence-electron chi connectivity index (χ1n) is 6.84. The monoisotopic (exact) mass is 259 g/mol. The summed E-state index contributed by atoms with van der Waals surface area (Å²) in [5.41, 5.74) is 3.58. The van der Waals surface area contributed by atoms with Gasteiger partial charge in [-0.3, -0.25) is 0 Å². The van der Waals surface area contributed by atoms with Crippen molar-refractivity contribution in [2.45, 2.75) is 40.2 Å². The van der Waals surface area contributed by atoms with E-state index in [0.717, 1.165) is 30.9 Å². The number of benzene rings is 1. The number of rotatable bonds is 6. The SMILES string of the molecule is CCCNCc1nnnn1-c1c(C)cccc1CC. The van der Waals surface area contributed by atoms with Crippen molar-refractivity contribution in [3.63, 3.8) is 0 Å². The van der Waals surface area contributed by atoms with Crippen molar-refractivity contribution in [1.82, 2.24) is 25.5 Å². The second-order valence-electron chi connectivity index (χ2n) is 4.62. The lowest BCUT2D eigenvalue weighted by Gasteiger charge is -2.12. The van der Waals surface area contributed by atoms with Crippen LogP contribution in [0.2, 0.25) is 0 Å². The summed E-state index contributed by atoms with van der Waals surface area (Å²) in [6, 6.07) is 6.31. The van der Waals surface area contributed by atoms with Gasteiger partial charge >= 0.3 is 0 Å². The van der Waals surface area contributed by atoms with Gasteiger partial charge in [0.05, 0.1) is 12.2 Å².